The van der Waals surface area contributed by atoms with E-state index >= 15 is 0 Å². The molecular weight excluding hydrogens is 1070 g/mol. The van der Waals surface area contributed by atoms with Crippen LogP contribution in [-0.4, -0.2) is 0 Å². The third-order valence-corrected chi connectivity index (χ3v) is 14.3. The van der Waals surface area contributed by atoms with Crippen molar-refractivity contribution in [2.75, 3.05) is 0 Å². The monoisotopic (exact) mass is 1180 g/mol. The quantitative estimate of drug-likeness (QED) is 0.0421. The Kier molecular flexibility index (Phi) is 73.7. The van der Waals surface area contributed by atoms with Crippen molar-refractivity contribution in [2.45, 2.75) is 336 Å². The number of allylic oxidation sites excluding steroid dienone is 16. The van der Waals surface area contributed by atoms with Crippen molar-refractivity contribution in [3.63, 3.8) is 0 Å². The molecule has 0 heterocycles. The van der Waals surface area contributed by atoms with Gasteiger partial charge in [0.05, 0.1) is 0 Å². The molecule has 0 aromatic heterocycles. The van der Waals surface area contributed by atoms with Crippen molar-refractivity contribution in [1.29, 1.82) is 0 Å². The Bertz CT molecular complexity index is 1120. The van der Waals surface area contributed by atoms with Gasteiger partial charge in [0.1, 0.15) is 0 Å². The maximum absolute atomic E-state index is 3.39. The smallest absolute Gasteiger partial charge is 1.00 e. The van der Waals surface area contributed by atoms with Crippen LogP contribution in [0.4, 0.5) is 0 Å². The second kappa shape index (κ2) is 67.4. The fourth-order valence-corrected chi connectivity index (χ4v) is 9.70. The molecule has 0 aliphatic heterocycles. The van der Waals surface area contributed by atoms with Crippen molar-refractivity contribution in [2.24, 2.45) is 0 Å². The van der Waals surface area contributed by atoms with Crippen molar-refractivity contribution in [3.8, 4) is 0 Å². The summed E-state index contributed by atoms with van der Waals surface area (Å²) in [6.45, 7) is 9.14. The summed E-state index contributed by atoms with van der Waals surface area (Å²) in [6, 6.07) is 0. The number of unbranched alkanes of at least 4 members (excludes halogenated alkanes) is 36. The van der Waals surface area contributed by atoms with E-state index in [-0.39, 0.29) is 77.2 Å². The van der Waals surface area contributed by atoms with Gasteiger partial charge in [-0.3, -0.25) is 24.3 Å². The van der Waals surface area contributed by atoms with Crippen molar-refractivity contribution < 1.29 is 77.2 Å². The summed E-state index contributed by atoms with van der Waals surface area (Å²) >= 11 is 0. The van der Waals surface area contributed by atoms with Gasteiger partial charge in [-0.15, -0.1) is 25.7 Å². The van der Waals surface area contributed by atoms with Crippen LogP contribution in [0.15, 0.2) is 70.9 Å². The molecule has 0 aromatic carbocycles. The molecule has 0 spiro atoms. The second-order valence-electron chi connectivity index (χ2n) is 21.0. The molecule has 4 heteroatoms. The van der Waals surface area contributed by atoms with E-state index in [4.69, 9.17) is 0 Å². The molecule has 0 N–H and O–H groups in total. The van der Waals surface area contributed by atoms with Gasteiger partial charge >= 0.3 is 52.4 Å². The largest absolute Gasteiger partial charge is 2.00 e. The maximum atomic E-state index is 3.39. The van der Waals surface area contributed by atoms with E-state index in [1.165, 1.54) is 305 Å². The minimum Gasteiger partial charge on any atom is -1.00 e. The van der Waals surface area contributed by atoms with Crippen LogP contribution in [0.2, 0.25) is 0 Å². The van der Waals surface area contributed by atoms with Crippen LogP contribution in [0.1, 0.15) is 336 Å². The topological polar surface area (TPSA) is 0 Å². The van der Waals surface area contributed by atoms with Crippen LogP contribution < -0.4 is 24.8 Å². The molecule has 0 fully saturated rings. The fourth-order valence-electron chi connectivity index (χ4n) is 9.70. The van der Waals surface area contributed by atoms with Crippen LogP contribution in [-0.2, 0) is 52.4 Å². The molecule has 4 rings (SSSR count). The Morgan fingerprint density at radius 1 is 0.236 bits per heavy atom. The number of hydrogen-bond acceptors (Lipinski definition) is 0. The molecule has 72 heavy (non-hydrogen) atoms. The van der Waals surface area contributed by atoms with Gasteiger partial charge in [0.25, 0.3) is 0 Å². The molecule has 4 aliphatic rings. The molecule has 0 atom stereocenters. The Morgan fingerprint density at radius 2 is 0.375 bits per heavy atom. The van der Waals surface area contributed by atoms with Gasteiger partial charge < -0.3 is 24.8 Å². The molecule has 0 nitrogen and oxygen atoms in total. The van der Waals surface area contributed by atoms with Crippen LogP contribution >= 0.6 is 0 Å². The molecule has 412 valence electrons. The minimum absolute atomic E-state index is 0. The molecule has 0 radical (unpaired) electrons. The number of rotatable bonds is 44. The van der Waals surface area contributed by atoms with Crippen LogP contribution in [0, 0.1) is 24.3 Å². The summed E-state index contributed by atoms with van der Waals surface area (Å²) in [5, 5.41) is 0. The summed E-state index contributed by atoms with van der Waals surface area (Å²) in [5.41, 5.74) is 5.79. The van der Waals surface area contributed by atoms with Gasteiger partial charge in [-0.25, -0.2) is 46.6 Å². The summed E-state index contributed by atoms with van der Waals surface area (Å²) < 4.78 is 0. The molecule has 0 saturated carbocycles. The van der Waals surface area contributed by atoms with Gasteiger partial charge in [0.15, 0.2) is 0 Å². The zero-order chi connectivity index (χ0) is 48.7. The van der Waals surface area contributed by atoms with E-state index in [0.717, 1.165) is 25.7 Å². The first-order valence-corrected chi connectivity index (χ1v) is 30.8. The molecule has 4 aliphatic carbocycles. The average molecular weight is 1190 g/mol. The molecule has 0 saturated heterocycles. The predicted octanol–water partition coefficient (Wildman–Crippen LogP) is 18.0. The van der Waals surface area contributed by atoms with Gasteiger partial charge in [-0.2, -0.15) is 24.3 Å². The standard InChI is InChI=1S/4C17H29.2ClH.2Zr/c4*1-2-3-4-5-6-7-8-9-10-11-14-17-15-12-13-16-17;;;;/h4*12,15H,2-11,13-14H2,1H3;2*1H;;/q4*-1;;;2*+2/p-2. The molecule has 0 unspecified atom stereocenters. The summed E-state index contributed by atoms with van der Waals surface area (Å²) in [4.78, 5) is 0. The van der Waals surface area contributed by atoms with E-state index in [9.17, 15) is 0 Å². The third kappa shape index (κ3) is 58.0. The number of hydrogen-bond donors (Lipinski definition) is 0. The zero-order valence-corrected chi connectivity index (χ0v) is 54.7. The minimum atomic E-state index is 0. The SMILES string of the molecule is CCCCCCCCCCCCC1=[C-]CC=C1.CCCCCCCCCCCCC1=[C-]CC=C1.CCCCCCCCCCCCC1=[C-]CC=C1.CCCCCCCCCCCCC1=[C-]CC=C1.[Cl-].[Cl-].[Zr+2].[Zr+2]. The summed E-state index contributed by atoms with van der Waals surface area (Å²) in [6.07, 6.45) is 97.7. The fraction of sp³-hybridized carbons (Fsp3) is 0.765. The first-order chi connectivity index (χ1) is 33.7. The third-order valence-electron chi connectivity index (χ3n) is 14.3. The molecular formula is C68H116Cl2Zr2-2. The Labute approximate surface area is 503 Å². The van der Waals surface area contributed by atoms with E-state index < -0.39 is 0 Å². The first kappa shape index (κ1) is 78.8. The van der Waals surface area contributed by atoms with Crippen molar-refractivity contribution in [1.82, 2.24) is 0 Å². The normalized spacial score (nSPS) is 13.5. The van der Waals surface area contributed by atoms with E-state index in [1.54, 1.807) is 0 Å². The number of halogens is 2. The Morgan fingerprint density at radius 3 is 0.500 bits per heavy atom. The summed E-state index contributed by atoms with van der Waals surface area (Å²) in [7, 11) is 0. The van der Waals surface area contributed by atoms with E-state index in [2.05, 4.69) is 101 Å². The van der Waals surface area contributed by atoms with Crippen molar-refractivity contribution in [3.05, 3.63) is 95.2 Å². The van der Waals surface area contributed by atoms with Gasteiger partial charge in [-0.1, -0.05) is 310 Å². The van der Waals surface area contributed by atoms with Crippen molar-refractivity contribution >= 4 is 0 Å². The summed E-state index contributed by atoms with van der Waals surface area (Å²) in [5.74, 6) is 0. The van der Waals surface area contributed by atoms with Crippen LogP contribution in [0.3, 0.4) is 0 Å². The van der Waals surface area contributed by atoms with Crippen LogP contribution in [0.25, 0.3) is 0 Å². The first-order valence-electron chi connectivity index (χ1n) is 30.8. The average Bonchev–Trinajstić information content (AvgIpc) is 4.23. The van der Waals surface area contributed by atoms with Gasteiger partial charge in [-0.05, 0) is 0 Å². The van der Waals surface area contributed by atoms with Gasteiger partial charge in [0, 0.05) is 0 Å². The maximum Gasteiger partial charge on any atom is 2.00 e. The Balaban J connectivity index is -0.000000420. The molecule has 0 bridgehead atoms. The van der Waals surface area contributed by atoms with Gasteiger partial charge in [0.2, 0.25) is 0 Å². The Hall–Kier alpha value is 0.266. The molecule has 0 amide bonds. The van der Waals surface area contributed by atoms with Crippen LogP contribution in [0.5, 0.6) is 0 Å². The zero-order valence-electron chi connectivity index (χ0n) is 48.3. The predicted molar refractivity (Wildman–Crippen MR) is 308 cm³/mol. The second-order valence-corrected chi connectivity index (χ2v) is 21.0. The van der Waals surface area contributed by atoms with E-state index in [1.807, 2.05) is 0 Å². The van der Waals surface area contributed by atoms with E-state index in [0.29, 0.717) is 0 Å². The molecule has 0 aromatic rings.